The minimum absolute atomic E-state index is 0.672. The Morgan fingerprint density at radius 2 is 0.383 bits per heavy atom. The van der Waals surface area contributed by atoms with Crippen LogP contribution >= 0.6 is 0 Å². The molecule has 0 fully saturated rings. The minimum Gasteiger partial charge on any atom is -0.380 e. The number of rotatable bonds is 57. The van der Waals surface area contributed by atoms with Crippen LogP contribution in [0.25, 0.3) is 0 Å². The third-order valence-corrected chi connectivity index (χ3v) is 31.0. The lowest BCUT2D eigenvalue weighted by Gasteiger charge is -2.28. The molecule has 492 valence electrons. The maximum atomic E-state index is 5.79. The van der Waals surface area contributed by atoms with Gasteiger partial charge in [0.15, 0.2) is 0 Å². The van der Waals surface area contributed by atoms with E-state index in [0.29, 0.717) is 26.4 Å². The third-order valence-electron chi connectivity index (χ3n) is 14.1. The van der Waals surface area contributed by atoms with Crippen molar-refractivity contribution >= 4 is 52.8 Å². The summed E-state index contributed by atoms with van der Waals surface area (Å²) in [5, 5.41) is 0. The second-order valence-corrected chi connectivity index (χ2v) is 37.3. The van der Waals surface area contributed by atoms with Gasteiger partial charge in [0.1, 0.15) is 0 Å². The summed E-state index contributed by atoms with van der Waals surface area (Å²) in [6, 6.07) is 4.73. The highest BCUT2D eigenvalue weighted by Crippen LogP contribution is 2.21. The Kier molecular flexibility index (Phi) is 57.5. The van der Waals surface area contributed by atoms with Crippen LogP contribution in [0.4, 0.5) is 0 Å². The summed E-state index contributed by atoms with van der Waals surface area (Å²) in [7, 11) is 14.7. The molecule has 0 aliphatic heterocycles. The van der Waals surface area contributed by atoms with Crippen molar-refractivity contribution in [2.75, 3.05) is 227 Å². The van der Waals surface area contributed by atoms with Crippen molar-refractivity contribution in [3.05, 3.63) is 0 Å². The van der Waals surface area contributed by atoms with Gasteiger partial charge in [0, 0.05) is 204 Å². The van der Waals surface area contributed by atoms with Crippen LogP contribution in [0.3, 0.4) is 0 Å². The molecule has 81 heavy (non-hydrogen) atoms. The van der Waals surface area contributed by atoms with E-state index < -0.39 is 52.8 Å². The predicted octanol–water partition coefficient (Wildman–Crippen LogP) is 6.75. The van der Waals surface area contributed by atoms with Crippen molar-refractivity contribution in [1.29, 1.82) is 0 Å². The Hall–Kier alpha value is 0.341. The van der Waals surface area contributed by atoms with E-state index in [4.69, 9.17) is 93.9 Å². The minimum atomic E-state index is -2.52. The van der Waals surface area contributed by atoms with E-state index in [9.17, 15) is 0 Å². The molecule has 0 aromatic carbocycles. The Morgan fingerprint density at radius 1 is 0.198 bits per heavy atom. The standard InChI is InChI=1S/C19H45NO8Si2.C17H41NO7Si2.C15H37NO6Si2/c1-8-11-20(12-16-27-14-9-18-29(21-2,22-3)23-4)13-17-28-15-10-19-30(24-5,25-6)26-7;1-8-14-25-15-13-18(11-9-16-26(19-2,20-3)21-4)12-10-17-27(22-5,23-6)24-7;1-8-11-16(12-9-14-23(17-2,18-3)19-4)13-10-15-24(20-5,21-6)22-7/h8-19H2,1-7H3;8-17H2,1-7H3;8-15H2,1-7H3. The van der Waals surface area contributed by atoms with Crippen LogP contribution in [-0.2, 0) is 93.9 Å². The first-order valence-electron chi connectivity index (χ1n) is 28.8. The highest BCUT2D eigenvalue weighted by molar-refractivity contribution is 6.62. The Morgan fingerprint density at radius 3 is 0.580 bits per heavy atom. The quantitative estimate of drug-likeness (QED) is 0.0456. The fraction of sp³-hybridized carbons (Fsp3) is 1.00. The van der Waals surface area contributed by atoms with Gasteiger partial charge in [0.2, 0.25) is 0 Å². The first kappa shape index (κ1) is 85.5. The van der Waals surface area contributed by atoms with E-state index in [2.05, 4.69) is 35.5 Å². The van der Waals surface area contributed by atoms with Crippen molar-refractivity contribution in [2.45, 2.75) is 115 Å². The van der Waals surface area contributed by atoms with E-state index >= 15 is 0 Å². The van der Waals surface area contributed by atoms with Crippen LogP contribution in [-0.4, -0.2) is 294 Å². The van der Waals surface area contributed by atoms with Crippen LogP contribution in [0.5, 0.6) is 0 Å². The van der Waals surface area contributed by atoms with Crippen molar-refractivity contribution in [3.8, 4) is 0 Å². The summed E-state index contributed by atoms with van der Waals surface area (Å²) in [5.74, 6) is 0. The molecule has 0 heterocycles. The van der Waals surface area contributed by atoms with Crippen molar-refractivity contribution in [1.82, 2.24) is 14.7 Å². The van der Waals surface area contributed by atoms with Gasteiger partial charge in [-0.05, 0) is 97.1 Å². The SMILES string of the molecule is CCCN(CCC[Si](OC)(OC)OC)CCC[Si](OC)(OC)OC.CCCN(CCOCCC[Si](OC)(OC)OC)CCOCCC[Si](OC)(OC)OC.CCCOCCN(CCC[Si](OC)(OC)OC)CCC[Si](OC)(OC)OC. The molecular formula is C51H123N3O21Si6. The molecule has 0 rings (SSSR count). The summed E-state index contributed by atoms with van der Waals surface area (Å²) in [6.45, 7) is 19.4. The van der Waals surface area contributed by atoms with Crippen molar-refractivity contribution in [2.24, 2.45) is 0 Å². The molecule has 0 unspecified atom stereocenters. The Bertz CT molecular complexity index is 1210. The van der Waals surface area contributed by atoms with Gasteiger partial charge >= 0.3 is 52.8 Å². The average Bonchev–Trinajstić information content (AvgIpc) is 3.51. The zero-order valence-electron chi connectivity index (χ0n) is 55.1. The van der Waals surface area contributed by atoms with Gasteiger partial charge in [-0.25, -0.2) is 0 Å². The molecule has 0 saturated carbocycles. The zero-order valence-corrected chi connectivity index (χ0v) is 61.1. The zero-order chi connectivity index (χ0) is 61.8. The van der Waals surface area contributed by atoms with Crippen LogP contribution in [0.15, 0.2) is 0 Å². The summed E-state index contributed by atoms with van der Waals surface area (Å²) in [5.41, 5.74) is 0. The second kappa shape index (κ2) is 54.5. The number of ether oxygens (including phenoxy) is 3. The molecule has 0 aromatic heterocycles. The highest BCUT2D eigenvalue weighted by Gasteiger charge is 2.41. The van der Waals surface area contributed by atoms with E-state index in [1.54, 1.807) is 128 Å². The molecule has 0 aliphatic carbocycles. The van der Waals surface area contributed by atoms with E-state index in [0.717, 1.165) is 166 Å². The molecule has 0 aliphatic rings. The lowest BCUT2D eigenvalue weighted by atomic mass is 10.3. The smallest absolute Gasteiger partial charge is 0.380 e. The molecule has 0 aromatic rings. The molecule has 0 bridgehead atoms. The summed E-state index contributed by atoms with van der Waals surface area (Å²) in [6.07, 6.45) is 8.84. The summed E-state index contributed by atoms with van der Waals surface area (Å²) >= 11 is 0. The van der Waals surface area contributed by atoms with Gasteiger partial charge in [-0.15, -0.1) is 0 Å². The van der Waals surface area contributed by atoms with Crippen LogP contribution in [0.1, 0.15) is 78.6 Å². The second-order valence-electron chi connectivity index (χ2n) is 18.8. The fourth-order valence-electron chi connectivity index (χ4n) is 8.87. The Labute approximate surface area is 500 Å². The van der Waals surface area contributed by atoms with Crippen molar-refractivity contribution in [3.63, 3.8) is 0 Å². The van der Waals surface area contributed by atoms with Crippen LogP contribution in [0.2, 0.25) is 36.3 Å². The van der Waals surface area contributed by atoms with E-state index in [1.807, 2.05) is 0 Å². The summed E-state index contributed by atoms with van der Waals surface area (Å²) < 4.78 is 116. The van der Waals surface area contributed by atoms with Gasteiger partial charge in [-0.3, -0.25) is 4.90 Å². The molecular weight excluding hydrogens is 1160 g/mol. The normalized spacial score (nSPS) is 12.9. The molecule has 30 heteroatoms. The monoisotopic (exact) mass is 1280 g/mol. The topological polar surface area (TPSA) is 204 Å². The lowest BCUT2D eigenvalue weighted by molar-refractivity contribution is 0.0695. The first-order chi connectivity index (χ1) is 39.0. The lowest BCUT2D eigenvalue weighted by Crippen LogP contribution is -2.44. The molecule has 0 amide bonds. The van der Waals surface area contributed by atoms with Gasteiger partial charge < -0.3 is 104 Å². The number of nitrogens with zero attached hydrogens (tertiary/aromatic N) is 3. The van der Waals surface area contributed by atoms with Gasteiger partial charge in [-0.1, -0.05) is 20.8 Å². The third kappa shape index (κ3) is 37.7. The molecule has 24 nitrogen and oxygen atoms in total. The van der Waals surface area contributed by atoms with Crippen LogP contribution < -0.4 is 0 Å². The van der Waals surface area contributed by atoms with E-state index in [1.165, 1.54) is 0 Å². The first-order valence-corrected chi connectivity index (χ1v) is 40.4. The Balaban J connectivity index is -0.00000113. The van der Waals surface area contributed by atoms with Crippen molar-refractivity contribution < 1.29 is 93.9 Å². The van der Waals surface area contributed by atoms with Crippen LogP contribution in [0, 0.1) is 0 Å². The molecule has 0 spiro atoms. The molecule has 0 N–H and O–H groups in total. The average molecular weight is 1280 g/mol. The summed E-state index contributed by atoms with van der Waals surface area (Å²) in [4.78, 5) is 7.23. The predicted molar refractivity (Wildman–Crippen MR) is 330 cm³/mol. The number of hydrogen-bond acceptors (Lipinski definition) is 24. The molecule has 0 radical (unpaired) electrons. The maximum absolute atomic E-state index is 5.79. The highest BCUT2D eigenvalue weighted by atomic mass is 28.4. The molecule has 0 atom stereocenters. The van der Waals surface area contributed by atoms with E-state index in [-0.39, 0.29) is 0 Å². The molecule has 0 saturated heterocycles. The number of hydrogen-bond donors (Lipinski definition) is 0. The maximum Gasteiger partial charge on any atom is 0.500 e. The van der Waals surface area contributed by atoms with Gasteiger partial charge in [0.05, 0.1) is 19.8 Å². The van der Waals surface area contributed by atoms with Gasteiger partial charge in [-0.2, -0.15) is 0 Å². The fourth-order valence-corrected chi connectivity index (χ4v) is 19.1. The largest absolute Gasteiger partial charge is 0.500 e. The van der Waals surface area contributed by atoms with Gasteiger partial charge in [0.25, 0.3) is 0 Å².